The maximum Gasteiger partial charge on any atom is 0.206 e. The van der Waals surface area contributed by atoms with Crippen LogP contribution < -0.4 is 16.6 Å². The second-order valence-electron chi connectivity index (χ2n) is 4.38. The van der Waals surface area contributed by atoms with Crippen LogP contribution in [0, 0.1) is 5.92 Å². The van der Waals surface area contributed by atoms with E-state index >= 15 is 0 Å². The van der Waals surface area contributed by atoms with Crippen molar-refractivity contribution in [3.63, 3.8) is 0 Å². The molecule has 0 saturated heterocycles. The highest BCUT2D eigenvalue weighted by molar-refractivity contribution is 5.79. The first kappa shape index (κ1) is 16.2. The summed E-state index contributed by atoms with van der Waals surface area (Å²) in [4.78, 5) is 4.38. The van der Waals surface area contributed by atoms with Gasteiger partial charge in [0.15, 0.2) is 0 Å². The van der Waals surface area contributed by atoms with Gasteiger partial charge in [0.1, 0.15) is 0 Å². The van der Waals surface area contributed by atoms with Crippen LogP contribution >= 0.6 is 0 Å². The van der Waals surface area contributed by atoms with Crippen molar-refractivity contribution in [3.8, 4) is 0 Å². The molecule has 0 saturated carbocycles. The number of aliphatic imine (C=N–C) groups is 1. The number of unbranched alkanes of at least 4 members (excludes halogenated alkanes) is 1. The normalized spacial score (nSPS) is 13.9. The number of nitrogens with two attached hydrogens (primary N) is 1. The zero-order valence-corrected chi connectivity index (χ0v) is 11.6. The van der Waals surface area contributed by atoms with E-state index in [4.69, 9.17) is 10.6 Å². The van der Waals surface area contributed by atoms with Crippen molar-refractivity contribution in [3.05, 3.63) is 0 Å². The summed E-state index contributed by atoms with van der Waals surface area (Å²) in [7, 11) is 0. The van der Waals surface area contributed by atoms with Crippen LogP contribution in [-0.2, 0) is 4.74 Å². The quantitative estimate of drug-likeness (QED) is 0.198. The molecule has 0 heterocycles. The fourth-order valence-corrected chi connectivity index (χ4v) is 1.30. The predicted molar refractivity (Wildman–Crippen MR) is 72.8 cm³/mol. The molecule has 0 aromatic rings. The molecule has 17 heavy (non-hydrogen) atoms. The number of nitrogens with one attached hydrogen (secondary N) is 2. The van der Waals surface area contributed by atoms with Gasteiger partial charge in [0.2, 0.25) is 5.96 Å². The summed E-state index contributed by atoms with van der Waals surface area (Å²) in [6, 6.07) is 0.228. The van der Waals surface area contributed by atoms with Gasteiger partial charge < -0.3 is 10.1 Å². The monoisotopic (exact) mass is 244 g/mol. The molecule has 0 aliphatic rings. The minimum absolute atomic E-state index is 0.228. The Kier molecular flexibility index (Phi) is 9.86. The van der Waals surface area contributed by atoms with Gasteiger partial charge in [-0.1, -0.05) is 27.2 Å². The zero-order valence-electron chi connectivity index (χ0n) is 11.6. The third kappa shape index (κ3) is 7.99. The van der Waals surface area contributed by atoms with Crippen LogP contribution in [0.25, 0.3) is 0 Å². The maximum atomic E-state index is 5.45. The predicted octanol–water partition coefficient (Wildman–Crippen LogP) is 1.26. The minimum atomic E-state index is 0.228. The number of hydrazine groups is 1. The first-order valence-electron chi connectivity index (χ1n) is 6.51. The summed E-state index contributed by atoms with van der Waals surface area (Å²) in [5.74, 6) is 6.56. The van der Waals surface area contributed by atoms with E-state index in [0.717, 1.165) is 26.0 Å². The molecule has 1 atom stereocenters. The Bertz CT molecular complexity index is 207. The molecule has 1 unspecified atom stereocenters. The van der Waals surface area contributed by atoms with Crippen molar-refractivity contribution >= 4 is 5.96 Å². The molecular formula is C12H28N4O. The van der Waals surface area contributed by atoms with Crippen LogP contribution in [0.3, 0.4) is 0 Å². The number of hydrogen-bond donors (Lipinski definition) is 3. The summed E-state index contributed by atoms with van der Waals surface area (Å²) < 4.78 is 5.44. The van der Waals surface area contributed by atoms with Crippen molar-refractivity contribution in [2.75, 3.05) is 19.8 Å². The van der Waals surface area contributed by atoms with E-state index < -0.39 is 0 Å². The zero-order chi connectivity index (χ0) is 13.1. The molecule has 0 rings (SSSR count). The van der Waals surface area contributed by atoms with Crippen LogP contribution in [0.5, 0.6) is 0 Å². The SMILES string of the molecule is CCCCN=C(NN)NC(COCC)C(C)C. The number of guanidine groups is 1. The van der Waals surface area contributed by atoms with Gasteiger partial charge in [-0.25, -0.2) is 5.84 Å². The topological polar surface area (TPSA) is 71.7 Å². The Hall–Kier alpha value is -0.810. The molecule has 0 radical (unpaired) electrons. The van der Waals surface area contributed by atoms with Gasteiger partial charge in [0, 0.05) is 13.2 Å². The molecule has 4 N–H and O–H groups in total. The van der Waals surface area contributed by atoms with Crippen LogP contribution in [0.2, 0.25) is 0 Å². The van der Waals surface area contributed by atoms with Crippen LogP contribution in [0.4, 0.5) is 0 Å². The second kappa shape index (κ2) is 10.4. The lowest BCUT2D eigenvalue weighted by molar-refractivity contribution is 0.115. The van der Waals surface area contributed by atoms with Gasteiger partial charge in [-0.15, -0.1) is 0 Å². The highest BCUT2D eigenvalue weighted by atomic mass is 16.5. The molecule has 0 aromatic carbocycles. The average Bonchev–Trinajstić information content (AvgIpc) is 2.32. The molecule has 0 aromatic heterocycles. The second-order valence-corrected chi connectivity index (χ2v) is 4.38. The Morgan fingerprint density at radius 1 is 1.35 bits per heavy atom. The van der Waals surface area contributed by atoms with Crippen molar-refractivity contribution in [2.45, 2.75) is 46.6 Å². The van der Waals surface area contributed by atoms with E-state index in [-0.39, 0.29) is 6.04 Å². The Balaban J connectivity index is 4.22. The molecule has 0 aliphatic carbocycles. The largest absolute Gasteiger partial charge is 0.380 e. The lowest BCUT2D eigenvalue weighted by Crippen LogP contribution is -2.50. The van der Waals surface area contributed by atoms with E-state index in [2.05, 4.69) is 36.5 Å². The molecule has 0 fully saturated rings. The lowest BCUT2D eigenvalue weighted by atomic mass is 10.1. The highest BCUT2D eigenvalue weighted by Gasteiger charge is 2.14. The van der Waals surface area contributed by atoms with Gasteiger partial charge >= 0.3 is 0 Å². The minimum Gasteiger partial charge on any atom is -0.380 e. The van der Waals surface area contributed by atoms with Gasteiger partial charge in [0.05, 0.1) is 12.6 Å². The van der Waals surface area contributed by atoms with E-state index in [1.807, 2.05) is 6.92 Å². The molecule has 5 nitrogen and oxygen atoms in total. The van der Waals surface area contributed by atoms with Crippen LogP contribution in [0.15, 0.2) is 4.99 Å². The van der Waals surface area contributed by atoms with Crippen LogP contribution in [-0.4, -0.2) is 31.8 Å². The standard InChI is InChI=1S/C12H28N4O/c1-5-7-8-14-12(16-13)15-11(10(3)4)9-17-6-2/h10-11H,5-9,13H2,1-4H3,(H2,14,15,16). The van der Waals surface area contributed by atoms with E-state index in [1.54, 1.807) is 0 Å². The van der Waals surface area contributed by atoms with E-state index in [0.29, 0.717) is 18.5 Å². The smallest absolute Gasteiger partial charge is 0.206 e. The Morgan fingerprint density at radius 2 is 2.06 bits per heavy atom. The van der Waals surface area contributed by atoms with Crippen LogP contribution in [0.1, 0.15) is 40.5 Å². The molecule has 0 spiro atoms. The first-order valence-corrected chi connectivity index (χ1v) is 6.51. The Morgan fingerprint density at radius 3 is 2.53 bits per heavy atom. The average molecular weight is 244 g/mol. The third-order valence-corrected chi connectivity index (χ3v) is 2.55. The Labute approximate surface area is 105 Å². The van der Waals surface area contributed by atoms with Gasteiger partial charge in [-0.05, 0) is 19.3 Å². The molecule has 102 valence electrons. The van der Waals surface area contributed by atoms with Crippen molar-refractivity contribution < 1.29 is 4.74 Å². The number of hydrogen-bond acceptors (Lipinski definition) is 3. The number of nitrogens with zero attached hydrogens (tertiary/aromatic N) is 1. The molecule has 0 amide bonds. The maximum absolute atomic E-state index is 5.45. The number of ether oxygens (including phenoxy) is 1. The van der Waals surface area contributed by atoms with Crippen molar-refractivity contribution in [1.29, 1.82) is 0 Å². The molecule has 0 bridgehead atoms. The lowest BCUT2D eigenvalue weighted by Gasteiger charge is -2.23. The summed E-state index contributed by atoms with van der Waals surface area (Å²) in [6.07, 6.45) is 2.21. The number of rotatable bonds is 8. The summed E-state index contributed by atoms with van der Waals surface area (Å²) >= 11 is 0. The van der Waals surface area contributed by atoms with Gasteiger partial charge in [0.25, 0.3) is 0 Å². The van der Waals surface area contributed by atoms with Crippen molar-refractivity contribution in [1.82, 2.24) is 10.7 Å². The summed E-state index contributed by atoms with van der Waals surface area (Å²) in [6.45, 7) is 10.6. The third-order valence-electron chi connectivity index (χ3n) is 2.55. The highest BCUT2D eigenvalue weighted by Crippen LogP contribution is 2.02. The first-order chi connectivity index (χ1) is 8.15. The van der Waals surface area contributed by atoms with Gasteiger partial charge in [-0.2, -0.15) is 0 Å². The van der Waals surface area contributed by atoms with E-state index in [9.17, 15) is 0 Å². The summed E-state index contributed by atoms with van der Waals surface area (Å²) in [5, 5.41) is 3.29. The molecular weight excluding hydrogens is 216 g/mol. The van der Waals surface area contributed by atoms with E-state index in [1.165, 1.54) is 0 Å². The fourth-order valence-electron chi connectivity index (χ4n) is 1.30. The fraction of sp³-hybridized carbons (Fsp3) is 0.917. The molecule has 5 heteroatoms. The summed E-state index contributed by atoms with van der Waals surface area (Å²) in [5.41, 5.74) is 2.61. The van der Waals surface area contributed by atoms with Gasteiger partial charge in [-0.3, -0.25) is 10.4 Å². The molecule has 0 aliphatic heterocycles. The van der Waals surface area contributed by atoms with Crippen molar-refractivity contribution in [2.24, 2.45) is 16.8 Å².